The molecule has 0 aliphatic carbocycles. The van der Waals surface area contributed by atoms with Gasteiger partial charge in [0.05, 0.1) is 5.41 Å². The summed E-state index contributed by atoms with van der Waals surface area (Å²) in [7, 11) is 0. The van der Waals surface area contributed by atoms with Gasteiger partial charge in [0.25, 0.3) is 0 Å². The van der Waals surface area contributed by atoms with Gasteiger partial charge in [-0.3, -0.25) is 9.59 Å². The van der Waals surface area contributed by atoms with E-state index < -0.39 is 5.41 Å². The smallest absolute Gasteiger partial charge is 0.228 e. The average Bonchev–Trinajstić information content (AvgIpc) is 3.14. The zero-order valence-corrected chi connectivity index (χ0v) is 17.8. The van der Waals surface area contributed by atoms with Crippen LogP contribution in [0.5, 0.6) is 0 Å². The lowest BCUT2D eigenvalue weighted by Gasteiger charge is -2.30. The van der Waals surface area contributed by atoms with E-state index in [9.17, 15) is 9.59 Å². The molecule has 1 fully saturated rings. The minimum absolute atomic E-state index is 0.0576. The molecule has 1 atom stereocenters. The van der Waals surface area contributed by atoms with Crippen molar-refractivity contribution in [3.05, 3.63) is 60.2 Å². The Morgan fingerprint density at radius 3 is 2.45 bits per heavy atom. The third kappa shape index (κ3) is 4.87. The minimum Gasteiger partial charge on any atom is -0.353 e. The van der Waals surface area contributed by atoms with E-state index in [1.165, 1.54) is 0 Å². The van der Waals surface area contributed by atoms with E-state index in [4.69, 9.17) is 0 Å². The van der Waals surface area contributed by atoms with Gasteiger partial charge < -0.3 is 10.2 Å². The van der Waals surface area contributed by atoms with E-state index in [1.807, 2.05) is 56.0 Å². The van der Waals surface area contributed by atoms with Crippen molar-refractivity contribution in [2.75, 3.05) is 13.1 Å². The van der Waals surface area contributed by atoms with Crippen LogP contribution >= 0.6 is 0 Å². The number of likely N-dealkylation sites (tertiary alicyclic amines) is 1. The van der Waals surface area contributed by atoms with Gasteiger partial charge in [0.2, 0.25) is 11.8 Å². The molecule has 1 heterocycles. The molecule has 1 N–H and O–H groups in total. The second-order valence-corrected chi connectivity index (χ2v) is 8.42. The Morgan fingerprint density at radius 1 is 1.07 bits per heavy atom. The highest BCUT2D eigenvalue weighted by molar-refractivity contribution is 5.86. The molecular weight excluding hydrogens is 360 g/mol. The summed E-state index contributed by atoms with van der Waals surface area (Å²) in [4.78, 5) is 27.7. The molecule has 0 radical (unpaired) electrons. The molecule has 0 unspecified atom stereocenters. The molecule has 0 aromatic heterocycles. The maximum Gasteiger partial charge on any atom is 0.228 e. The van der Waals surface area contributed by atoms with Gasteiger partial charge in [-0.05, 0) is 49.8 Å². The number of carbonyl (C=O) groups excluding carboxylic acids is 2. The molecule has 1 aliphatic heterocycles. The summed E-state index contributed by atoms with van der Waals surface area (Å²) in [5, 5.41) is 3.12. The van der Waals surface area contributed by atoms with Gasteiger partial charge in [0.1, 0.15) is 0 Å². The first kappa shape index (κ1) is 21.1. The van der Waals surface area contributed by atoms with E-state index in [1.54, 1.807) is 0 Å². The predicted molar refractivity (Wildman–Crippen MR) is 117 cm³/mol. The number of carbonyl (C=O) groups is 2. The molecule has 1 aliphatic rings. The van der Waals surface area contributed by atoms with Crippen LogP contribution in [0.15, 0.2) is 54.6 Å². The molecule has 0 saturated carbocycles. The van der Waals surface area contributed by atoms with Crippen LogP contribution in [-0.4, -0.2) is 35.8 Å². The lowest BCUT2D eigenvalue weighted by molar-refractivity contribution is -0.133. The Bertz CT molecular complexity index is 847. The number of hydrogen-bond acceptors (Lipinski definition) is 2. The summed E-state index contributed by atoms with van der Waals surface area (Å²) in [6.07, 6.45) is 2.70. The zero-order chi connectivity index (χ0) is 20.9. The second kappa shape index (κ2) is 9.25. The fourth-order valence-electron chi connectivity index (χ4n) is 4.22. The SMILES string of the molecule is CCCC(=O)N1CC[C@](Cc2ccccc2-c2ccccc2)(C(=O)NC(C)C)C1. The number of benzene rings is 2. The number of nitrogens with zero attached hydrogens (tertiary/aromatic N) is 1. The highest BCUT2D eigenvalue weighted by Gasteiger charge is 2.46. The molecule has 3 rings (SSSR count). The zero-order valence-electron chi connectivity index (χ0n) is 17.8. The quantitative estimate of drug-likeness (QED) is 0.757. The molecular formula is C25H32N2O2. The van der Waals surface area contributed by atoms with Crippen LogP contribution < -0.4 is 5.32 Å². The van der Waals surface area contributed by atoms with Gasteiger partial charge in [0, 0.05) is 25.6 Å². The summed E-state index contributed by atoms with van der Waals surface area (Å²) in [6, 6.07) is 18.7. The lowest BCUT2D eigenvalue weighted by atomic mass is 9.78. The number of nitrogens with one attached hydrogen (secondary N) is 1. The summed E-state index contributed by atoms with van der Waals surface area (Å²) >= 11 is 0. The predicted octanol–water partition coefficient (Wildman–Crippen LogP) is 4.44. The first-order valence-electron chi connectivity index (χ1n) is 10.7. The van der Waals surface area contributed by atoms with Crippen LogP contribution in [-0.2, 0) is 16.0 Å². The summed E-state index contributed by atoms with van der Waals surface area (Å²) in [5.74, 6) is 0.213. The third-order valence-electron chi connectivity index (χ3n) is 5.70. The molecule has 154 valence electrons. The molecule has 4 nitrogen and oxygen atoms in total. The van der Waals surface area contributed by atoms with E-state index >= 15 is 0 Å². The van der Waals surface area contributed by atoms with Gasteiger partial charge in [0.15, 0.2) is 0 Å². The minimum atomic E-state index is -0.585. The van der Waals surface area contributed by atoms with Gasteiger partial charge in [-0.15, -0.1) is 0 Å². The van der Waals surface area contributed by atoms with Crippen LogP contribution in [0.1, 0.15) is 45.6 Å². The molecule has 29 heavy (non-hydrogen) atoms. The Balaban J connectivity index is 1.93. The van der Waals surface area contributed by atoms with Crippen molar-refractivity contribution in [3.63, 3.8) is 0 Å². The Hall–Kier alpha value is -2.62. The van der Waals surface area contributed by atoms with Crippen LogP contribution in [0.3, 0.4) is 0 Å². The van der Waals surface area contributed by atoms with Crippen LogP contribution in [0, 0.1) is 5.41 Å². The highest BCUT2D eigenvalue weighted by atomic mass is 16.2. The van der Waals surface area contributed by atoms with Gasteiger partial charge in [-0.1, -0.05) is 61.5 Å². The van der Waals surface area contributed by atoms with Crippen molar-refractivity contribution in [1.82, 2.24) is 10.2 Å². The Labute approximate surface area is 174 Å². The third-order valence-corrected chi connectivity index (χ3v) is 5.70. The van der Waals surface area contributed by atoms with Crippen molar-refractivity contribution >= 4 is 11.8 Å². The topological polar surface area (TPSA) is 49.4 Å². The fourth-order valence-corrected chi connectivity index (χ4v) is 4.22. The van der Waals surface area contributed by atoms with Gasteiger partial charge >= 0.3 is 0 Å². The first-order chi connectivity index (χ1) is 13.9. The van der Waals surface area contributed by atoms with E-state index in [2.05, 4.69) is 29.6 Å². The Morgan fingerprint density at radius 2 is 1.76 bits per heavy atom. The molecule has 0 bridgehead atoms. The average molecular weight is 393 g/mol. The van der Waals surface area contributed by atoms with E-state index in [0.717, 1.165) is 23.1 Å². The maximum absolute atomic E-state index is 13.3. The molecule has 1 saturated heterocycles. The van der Waals surface area contributed by atoms with Gasteiger partial charge in [-0.2, -0.15) is 0 Å². The largest absolute Gasteiger partial charge is 0.353 e. The normalized spacial score (nSPS) is 18.8. The standard InChI is InChI=1S/C25H32N2O2/c1-4-10-23(28)27-16-15-25(18-27,24(29)26-19(2)3)17-21-13-8-9-14-22(21)20-11-6-5-7-12-20/h5-9,11-14,19H,4,10,15-18H2,1-3H3,(H,26,29)/t25-/m1/s1. The van der Waals surface area contributed by atoms with Crippen LogP contribution in [0.25, 0.3) is 11.1 Å². The fraction of sp³-hybridized carbons (Fsp3) is 0.440. The van der Waals surface area contributed by atoms with Crippen LogP contribution in [0.4, 0.5) is 0 Å². The van der Waals surface area contributed by atoms with Crippen molar-refractivity contribution < 1.29 is 9.59 Å². The second-order valence-electron chi connectivity index (χ2n) is 8.42. The first-order valence-corrected chi connectivity index (χ1v) is 10.7. The lowest BCUT2D eigenvalue weighted by Crippen LogP contribution is -2.47. The molecule has 2 amide bonds. The van der Waals surface area contributed by atoms with Crippen molar-refractivity contribution in [2.45, 2.75) is 52.5 Å². The van der Waals surface area contributed by atoms with Crippen molar-refractivity contribution in [3.8, 4) is 11.1 Å². The van der Waals surface area contributed by atoms with E-state index in [0.29, 0.717) is 32.4 Å². The summed E-state index contributed by atoms with van der Waals surface area (Å²) in [6.45, 7) is 7.13. The summed E-state index contributed by atoms with van der Waals surface area (Å²) < 4.78 is 0. The van der Waals surface area contributed by atoms with Crippen molar-refractivity contribution in [2.24, 2.45) is 5.41 Å². The highest BCUT2D eigenvalue weighted by Crippen LogP contribution is 2.38. The number of rotatable bonds is 7. The van der Waals surface area contributed by atoms with Gasteiger partial charge in [-0.25, -0.2) is 0 Å². The Kier molecular flexibility index (Phi) is 6.73. The molecule has 2 aromatic carbocycles. The summed E-state index contributed by atoms with van der Waals surface area (Å²) in [5.41, 5.74) is 2.88. The molecule has 2 aromatic rings. The van der Waals surface area contributed by atoms with Crippen molar-refractivity contribution in [1.29, 1.82) is 0 Å². The maximum atomic E-state index is 13.3. The monoisotopic (exact) mass is 392 g/mol. The van der Waals surface area contributed by atoms with Crippen LogP contribution in [0.2, 0.25) is 0 Å². The van der Waals surface area contributed by atoms with E-state index in [-0.39, 0.29) is 17.9 Å². The number of amides is 2. The number of hydrogen-bond donors (Lipinski definition) is 1. The molecule has 0 spiro atoms. The molecule has 4 heteroatoms.